The maximum absolute atomic E-state index is 9.70. The summed E-state index contributed by atoms with van der Waals surface area (Å²) in [6, 6.07) is 0. The van der Waals surface area contributed by atoms with Crippen LogP contribution in [0.1, 0.15) is 20.3 Å². The molecule has 2 atom stereocenters. The van der Waals surface area contributed by atoms with Gasteiger partial charge in [0.25, 0.3) is 0 Å². The molecule has 2 unspecified atom stereocenters. The zero-order chi connectivity index (χ0) is 10.6. The number of β-amino-alcohol motifs (C(OH)–C–C–N with tert-alkyl or cyclic N) is 2. The van der Waals surface area contributed by atoms with E-state index in [9.17, 15) is 10.2 Å². The van der Waals surface area contributed by atoms with Crippen LogP contribution in [-0.4, -0.2) is 59.7 Å². The predicted molar refractivity (Wildman–Crippen MR) is 54.2 cm³/mol. The fraction of sp³-hybridized carbons (Fsp3) is 1.00. The number of rotatable bonds is 5. The molecule has 14 heavy (non-hydrogen) atoms. The Labute approximate surface area is 85.5 Å². The smallest absolute Gasteiger partial charge is 0.0900 e. The van der Waals surface area contributed by atoms with E-state index in [2.05, 4.69) is 4.90 Å². The van der Waals surface area contributed by atoms with Crippen LogP contribution in [0.2, 0.25) is 0 Å². The third kappa shape index (κ3) is 3.92. The van der Waals surface area contributed by atoms with Gasteiger partial charge in [-0.3, -0.25) is 4.90 Å². The molecule has 0 bridgehead atoms. The molecule has 1 aliphatic rings. The van der Waals surface area contributed by atoms with E-state index in [4.69, 9.17) is 4.74 Å². The highest BCUT2D eigenvalue weighted by molar-refractivity contribution is 4.86. The molecule has 1 aliphatic heterocycles. The molecule has 0 aromatic rings. The van der Waals surface area contributed by atoms with E-state index in [1.807, 2.05) is 13.8 Å². The van der Waals surface area contributed by atoms with E-state index >= 15 is 0 Å². The summed E-state index contributed by atoms with van der Waals surface area (Å²) < 4.78 is 5.12. The number of aliphatic hydroxyl groups is 2. The molecule has 0 aliphatic carbocycles. The molecule has 4 nitrogen and oxygen atoms in total. The second-order valence-electron chi connectivity index (χ2n) is 4.30. The molecule has 1 saturated heterocycles. The summed E-state index contributed by atoms with van der Waals surface area (Å²) in [6.45, 7) is 6.86. The quantitative estimate of drug-likeness (QED) is 0.652. The van der Waals surface area contributed by atoms with Gasteiger partial charge < -0.3 is 14.9 Å². The Morgan fingerprint density at radius 3 is 2.79 bits per heavy atom. The van der Waals surface area contributed by atoms with Crippen LogP contribution < -0.4 is 0 Å². The van der Waals surface area contributed by atoms with Gasteiger partial charge in [0.2, 0.25) is 0 Å². The average Bonchev–Trinajstić information content (AvgIpc) is 2.42. The van der Waals surface area contributed by atoms with Crippen molar-refractivity contribution in [2.24, 2.45) is 0 Å². The number of hydrogen-bond acceptors (Lipinski definition) is 4. The SMILES string of the molecule is CCOCC(O)CN1CCC(C)(O)C1. The minimum absolute atomic E-state index is 0.384. The van der Waals surface area contributed by atoms with E-state index in [-0.39, 0.29) is 0 Å². The molecular weight excluding hydrogens is 182 g/mol. The fourth-order valence-electron chi connectivity index (χ4n) is 1.80. The van der Waals surface area contributed by atoms with Crippen molar-refractivity contribution in [3.8, 4) is 0 Å². The van der Waals surface area contributed by atoms with E-state index in [0.29, 0.717) is 26.3 Å². The second kappa shape index (κ2) is 5.07. The van der Waals surface area contributed by atoms with Gasteiger partial charge in [-0.2, -0.15) is 0 Å². The third-order valence-corrected chi connectivity index (χ3v) is 2.51. The lowest BCUT2D eigenvalue weighted by molar-refractivity contribution is 0.0167. The van der Waals surface area contributed by atoms with Crippen molar-refractivity contribution in [2.45, 2.75) is 32.0 Å². The summed E-state index contributed by atoms with van der Waals surface area (Å²) in [4.78, 5) is 2.07. The lowest BCUT2D eigenvalue weighted by Gasteiger charge is -2.21. The molecule has 1 rings (SSSR count). The zero-order valence-corrected chi connectivity index (χ0v) is 9.07. The van der Waals surface area contributed by atoms with Gasteiger partial charge >= 0.3 is 0 Å². The highest BCUT2D eigenvalue weighted by atomic mass is 16.5. The number of nitrogens with zero attached hydrogens (tertiary/aromatic N) is 1. The lowest BCUT2D eigenvalue weighted by atomic mass is 10.1. The summed E-state index contributed by atoms with van der Waals surface area (Å²) in [7, 11) is 0. The zero-order valence-electron chi connectivity index (χ0n) is 9.07. The highest BCUT2D eigenvalue weighted by Gasteiger charge is 2.31. The Morgan fingerprint density at radius 1 is 1.57 bits per heavy atom. The molecule has 1 heterocycles. The highest BCUT2D eigenvalue weighted by Crippen LogP contribution is 2.19. The summed E-state index contributed by atoms with van der Waals surface area (Å²) >= 11 is 0. The van der Waals surface area contributed by atoms with Crippen LogP contribution in [-0.2, 0) is 4.74 Å². The van der Waals surface area contributed by atoms with Crippen LogP contribution in [0.25, 0.3) is 0 Å². The van der Waals surface area contributed by atoms with Crippen LogP contribution in [0, 0.1) is 0 Å². The van der Waals surface area contributed by atoms with Gasteiger partial charge in [0.1, 0.15) is 0 Å². The van der Waals surface area contributed by atoms with E-state index in [0.717, 1.165) is 13.0 Å². The molecule has 0 saturated carbocycles. The summed E-state index contributed by atoms with van der Waals surface area (Å²) in [6.07, 6.45) is 0.345. The third-order valence-electron chi connectivity index (χ3n) is 2.51. The number of aliphatic hydroxyl groups excluding tert-OH is 1. The van der Waals surface area contributed by atoms with Crippen molar-refractivity contribution in [3.63, 3.8) is 0 Å². The van der Waals surface area contributed by atoms with Gasteiger partial charge in [-0.15, -0.1) is 0 Å². The van der Waals surface area contributed by atoms with Gasteiger partial charge in [-0.1, -0.05) is 0 Å². The van der Waals surface area contributed by atoms with Gasteiger partial charge in [-0.25, -0.2) is 0 Å². The van der Waals surface area contributed by atoms with Gasteiger partial charge in [0.05, 0.1) is 18.3 Å². The Hall–Kier alpha value is -0.160. The first-order chi connectivity index (χ1) is 6.53. The molecule has 2 N–H and O–H groups in total. The fourth-order valence-corrected chi connectivity index (χ4v) is 1.80. The Kier molecular flexibility index (Phi) is 4.31. The standard InChI is InChI=1S/C10H21NO3/c1-3-14-7-9(12)6-11-5-4-10(2,13)8-11/h9,12-13H,3-8H2,1-2H3. The van der Waals surface area contributed by atoms with E-state index in [1.54, 1.807) is 0 Å². The summed E-state index contributed by atoms with van der Waals surface area (Å²) in [5, 5.41) is 19.3. The Bertz CT molecular complexity index is 173. The first kappa shape index (κ1) is 11.9. The molecular formula is C10H21NO3. The topological polar surface area (TPSA) is 52.9 Å². The maximum atomic E-state index is 9.70. The normalized spacial score (nSPS) is 30.9. The Balaban J connectivity index is 2.18. The van der Waals surface area contributed by atoms with Crippen LogP contribution in [0.3, 0.4) is 0 Å². The lowest BCUT2D eigenvalue weighted by Crippen LogP contribution is -2.36. The van der Waals surface area contributed by atoms with E-state index in [1.165, 1.54) is 0 Å². The van der Waals surface area contributed by atoms with Crippen LogP contribution in [0.4, 0.5) is 0 Å². The molecule has 1 fully saturated rings. The predicted octanol–water partition coefficient (Wildman–Crippen LogP) is -0.159. The van der Waals surface area contributed by atoms with Crippen molar-refractivity contribution < 1.29 is 14.9 Å². The van der Waals surface area contributed by atoms with Crippen molar-refractivity contribution in [1.29, 1.82) is 0 Å². The number of likely N-dealkylation sites (tertiary alicyclic amines) is 1. The van der Waals surface area contributed by atoms with E-state index < -0.39 is 11.7 Å². The average molecular weight is 203 g/mol. The van der Waals surface area contributed by atoms with Crippen molar-refractivity contribution in [3.05, 3.63) is 0 Å². The van der Waals surface area contributed by atoms with Crippen molar-refractivity contribution in [2.75, 3.05) is 32.8 Å². The monoisotopic (exact) mass is 203 g/mol. The maximum Gasteiger partial charge on any atom is 0.0900 e. The van der Waals surface area contributed by atoms with Crippen LogP contribution in [0.5, 0.6) is 0 Å². The van der Waals surface area contributed by atoms with Gasteiger partial charge in [-0.05, 0) is 20.3 Å². The van der Waals surface area contributed by atoms with Crippen molar-refractivity contribution >= 4 is 0 Å². The molecule has 84 valence electrons. The molecule has 0 amide bonds. The van der Waals surface area contributed by atoms with Crippen LogP contribution >= 0.6 is 0 Å². The van der Waals surface area contributed by atoms with Gasteiger partial charge in [0.15, 0.2) is 0 Å². The van der Waals surface area contributed by atoms with Crippen LogP contribution in [0.15, 0.2) is 0 Å². The van der Waals surface area contributed by atoms with Crippen molar-refractivity contribution in [1.82, 2.24) is 4.90 Å². The minimum atomic E-state index is -0.578. The van der Waals surface area contributed by atoms with Gasteiger partial charge in [0, 0.05) is 26.2 Å². The summed E-state index contributed by atoms with van der Waals surface area (Å²) in [5.41, 5.74) is -0.578. The molecule has 0 aromatic carbocycles. The minimum Gasteiger partial charge on any atom is -0.389 e. The first-order valence-electron chi connectivity index (χ1n) is 5.24. The summed E-state index contributed by atoms with van der Waals surface area (Å²) in [5.74, 6) is 0. The Morgan fingerprint density at radius 2 is 2.29 bits per heavy atom. The first-order valence-corrected chi connectivity index (χ1v) is 5.24. The second-order valence-corrected chi connectivity index (χ2v) is 4.30. The molecule has 0 aromatic heterocycles. The largest absolute Gasteiger partial charge is 0.389 e. The molecule has 0 radical (unpaired) electrons. The molecule has 0 spiro atoms. The number of hydrogen-bond donors (Lipinski definition) is 2. The number of ether oxygens (including phenoxy) is 1. The molecule has 4 heteroatoms.